The Morgan fingerprint density at radius 3 is 2.56 bits per heavy atom. The molecule has 0 saturated carbocycles. The largest absolute Gasteiger partial charge is 0.493 e. The van der Waals surface area contributed by atoms with Crippen molar-refractivity contribution in [3.8, 4) is 11.5 Å². The molecule has 0 bridgehead atoms. The smallest absolute Gasteiger partial charge is 0.162 e. The number of rotatable bonds is 5. The van der Waals surface area contributed by atoms with Crippen LogP contribution in [0.25, 0.3) is 0 Å². The molecule has 1 heterocycles. The second-order valence-corrected chi connectivity index (χ2v) is 4.08. The van der Waals surface area contributed by atoms with E-state index in [9.17, 15) is 0 Å². The Morgan fingerprint density at radius 1 is 1.22 bits per heavy atom. The zero-order chi connectivity index (χ0) is 13.0. The molecule has 1 aromatic heterocycles. The van der Waals surface area contributed by atoms with Crippen LogP contribution in [-0.4, -0.2) is 14.2 Å². The van der Waals surface area contributed by atoms with Gasteiger partial charge in [-0.1, -0.05) is 11.6 Å². The lowest BCUT2D eigenvalue weighted by Crippen LogP contribution is -2.00. The Labute approximate surface area is 110 Å². The van der Waals surface area contributed by atoms with Crippen LogP contribution in [0.1, 0.15) is 5.56 Å². The van der Waals surface area contributed by atoms with Crippen molar-refractivity contribution in [3.05, 3.63) is 41.3 Å². The van der Waals surface area contributed by atoms with Gasteiger partial charge in [0.2, 0.25) is 0 Å². The van der Waals surface area contributed by atoms with Gasteiger partial charge in [0.05, 0.1) is 37.5 Å². The minimum absolute atomic E-state index is 0.580. The van der Waals surface area contributed by atoms with Crippen LogP contribution in [0.3, 0.4) is 0 Å². The van der Waals surface area contributed by atoms with Gasteiger partial charge in [-0.05, 0) is 6.07 Å². The Morgan fingerprint density at radius 2 is 1.94 bits per heavy atom. The molecule has 0 radical (unpaired) electrons. The molecule has 0 aliphatic heterocycles. The Kier molecular flexibility index (Phi) is 3.99. The molecule has 0 spiro atoms. The Hall–Kier alpha value is -1.81. The second-order valence-electron chi connectivity index (χ2n) is 3.67. The highest BCUT2D eigenvalue weighted by Crippen LogP contribution is 2.36. The molecule has 0 atom stereocenters. The molecule has 5 heteroatoms. The molecule has 2 aromatic rings. The molecular formula is C13H14ClNO3. The fraction of sp³-hybridized carbons (Fsp3) is 0.231. The zero-order valence-corrected chi connectivity index (χ0v) is 11.0. The van der Waals surface area contributed by atoms with E-state index in [4.69, 9.17) is 25.5 Å². The first-order valence-corrected chi connectivity index (χ1v) is 5.79. The highest BCUT2D eigenvalue weighted by atomic mass is 35.5. The molecular weight excluding hydrogens is 254 g/mol. The van der Waals surface area contributed by atoms with E-state index in [0.29, 0.717) is 23.1 Å². The lowest BCUT2D eigenvalue weighted by Gasteiger charge is -2.12. The summed E-state index contributed by atoms with van der Waals surface area (Å²) in [5.74, 6) is 1.24. The van der Waals surface area contributed by atoms with E-state index >= 15 is 0 Å². The van der Waals surface area contributed by atoms with Gasteiger partial charge < -0.3 is 19.2 Å². The molecule has 18 heavy (non-hydrogen) atoms. The maximum Gasteiger partial charge on any atom is 0.162 e. The van der Waals surface area contributed by atoms with Crippen LogP contribution in [-0.2, 0) is 6.54 Å². The average Bonchev–Trinajstić information content (AvgIpc) is 2.90. The van der Waals surface area contributed by atoms with Gasteiger partial charge in [-0.25, -0.2) is 0 Å². The number of nitrogens with one attached hydrogen (secondary N) is 1. The molecule has 0 unspecified atom stereocenters. The Bertz CT molecular complexity index is 511. The first-order valence-electron chi connectivity index (χ1n) is 5.41. The molecule has 0 aliphatic carbocycles. The van der Waals surface area contributed by atoms with E-state index in [1.54, 1.807) is 38.9 Å². The van der Waals surface area contributed by atoms with Gasteiger partial charge in [0, 0.05) is 24.2 Å². The third kappa shape index (κ3) is 2.71. The summed E-state index contributed by atoms with van der Waals surface area (Å²) < 4.78 is 15.4. The predicted octanol–water partition coefficient (Wildman–Crippen LogP) is 3.56. The first-order chi connectivity index (χ1) is 8.74. The van der Waals surface area contributed by atoms with Crippen molar-refractivity contribution in [2.24, 2.45) is 0 Å². The van der Waals surface area contributed by atoms with E-state index in [1.807, 2.05) is 6.07 Å². The van der Waals surface area contributed by atoms with E-state index in [0.717, 1.165) is 11.3 Å². The summed E-state index contributed by atoms with van der Waals surface area (Å²) in [5.41, 5.74) is 1.83. The maximum atomic E-state index is 6.16. The highest BCUT2D eigenvalue weighted by Gasteiger charge is 2.09. The molecule has 4 nitrogen and oxygen atoms in total. The number of hydrogen-bond donors (Lipinski definition) is 1. The number of ether oxygens (including phenoxy) is 2. The van der Waals surface area contributed by atoms with Crippen molar-refractivity contribution in [3.63, 3.8) is 0 Å². The van der Waals surface area contributed by atoms with Crippen LogP contribution in [0.15, 0.2) is 35.1 Å². The van der Waals surface area contributed by atoms with Crippen molar-refractivity contribution in [2.45, 2.75) is 6.54 Å². The molecule has 0 saturated heterocycles. The number of benzene rings is 1. The van der Waals surface area contributed by atoms with Crippen LogP contribution in [0.2, 0.25) is 5.02 Å². The third-order valence-electron chi connectivity index (χ3n) is 2.54. The summed E-state index contributed by atoms with van der Waals surface area (Å²) in [5, 5.41) is 3.79. The molecule has 0 aliphatic rings. The minimum atomic E-state index is 0.580. The van der Waals surface area contributed by atoms with Crippen molar-refractivity contribution >= 4 is 17.3 Å². The molecule has 1 N–H and O–H groups in total. The van der Waals surface area contributed by atoms with Gasteiger partial charge in [-0.15, -0.1) is 0 Å². The monoisotopic (exact) mass is 267 g/mol. The quantitative estimate of drug-likeness (QED) is 0.900. The average molecular weight is 268 g/mol. The zero-order valence-electron chi connectivity index (χ0n) is 10.2. The van der Waals surface area contributed by atoms with E-state index < -0.39 is 0 Å². The van der Waals surface area contributed by atoms with E-state index in [-0.39, 0.29) is 0 Å². The molecule has 96 valence electrons. The van der Waals surface area contributed by atoms with Gasteiger partial charge in [0.25, 0.3) is 0 Å². The number of hydrogen-bond acceptors (Lipinski definition) is 4. The van der Waals surface area contributed by atoms with Crippen LogP contribution in [0, 0.1) is 0 Å². The topological polar surface area (TPSA) is 43.6 Å². The predicted molar refractivity (Wildman–Crippen MR) is 70.6 cm³/mol. The number of halogens is 1. The lowest BCUT2D eigenvalue weighted by atomic mass is 10.2. The fourth-order valence-electron chi connectivity index (χ4n) is 1.58. The maximum absolute atomic E-state index is 6.16. The normalized spacial score (nSPS) is 10.2. The van der Waals surface area contributed by atoms with Crippen LogP contribution in [0.5, 0.6) is 11.5 Å². The fourth-order valence-corrected chi connectivity index (χ4v) is 1.80. The summed E-state index contributed by atoms with van der Waals surface area (Å²) in [6, 6.07) is 5.42. The van der Waals surface area contributed by atoms with Crippen molar-refractivity contribution < 1.29 is 13.9 Å². The van der Waals surface area contributed by atoms with Crippen LogP contribution < -0.4 is 14.8 Å². The van der Waals surface area contributed by atoms with E-state index in [1.165, 1.54) is 0 Å². The molecule has 0 amide bonds. The third-order valence-corrected chi connectivity index (χ3v) is 2.85. The van der Waals surface area contributed by atoms with Gasteiger partial charge in [0.1, 0.15) is 0 Å². The summed E-state index contributed by atoms with van der Waals surface area (Å²) in [4.78, 5) is 0. The lowest BCUT2D eigenvalue weighted by molar-refractivity contribution is 0.355. The SMILES string of the molecule is COc1cc(Cl)c(NCc2ccoc2)cc1OC. The standard InChI is InChI=1S/C13H14ClNO3/c1-16-12-5-10(14)11(6-13(12)17-2)15-7-9-3-4-18-8-9/h3-6,8,15H,7H2,1-2H3. The summed E-state index contributed by atoms with van der Waals surface area (Å²) in [7, 11) is 3.17. The number of anilines is 1. The van der Waals surface area contributed by atoms with Gasteiger partial charge >= 0.3 is 0 Å². The minimum Gasteiger partial charge on any atom is -0.493 e. The summed E-state index contributed by atoms with van der Waals surface area (Å²) in [6.45, 7) is 0.631. The van der Waals surface area contributed by atoms with Crippen molar-refractivity contribution in [1.82, 2.24) is 0 Å². The molecule has 1 aromatic carbocycles. The number of furan rings is 1. The van der Waals surface area contributed by atoms with E-state index in [2.05, 4.69) is 5.32 Å². The van der Waals surface area contributed by atoms with Crippen LogP contribution >= 0.6 is 11.6 Å². The number of methoxy groups -OCH3 is 2. The highest BCUT2D eigenvalue weighted by molar-refractivity contribution is 6.33. The second kappa shape index (κ2) is 5.69. The molecule has 2 rings (SSSR count). The van der Waals surface area contributed by atoms with Crippen LogP contribution in [0.4, 0.5) is 5.69 Å². The van der Waals surface area contributed by atoms with Crippen molar-refractivity contribution in [2.75, 3.05) is 19.5 Å². The molecule has 0 fully saturated rings. The summed E-state index contributed by atoms with van der Waals surface area (Å²) in [6.07, 6.45) is 3.31. The summed E-state index contributed by atoms with van der Waals surface area (Å²) >= 11 is 6.16. The van der Waals surface area contributed by atoms with Gasteiger partial charge in [-0.3, -0.25) is 0 Å². The van der Waals surface area contributed by atoms with Crippen molar-refractivity contribution in [1.29, 1.82) is 0 Å². The van der Waals surface area contributed by atoms with Gasteiger partial charge in [0.15, 0.2) is 11.5 Å². The van der Waals surface area contributed by atoms with Gasteiger partial charge in [-0.2, -0.15) is 0 Å². The Balaban J connectivity index is 2.17. The first kappa shape index (κ1) is 12.6.